The standard InChI is InChI=1S/C11H15BrFNS/c12-11-10(3-6-15-11)8-14-4-1-9(7-13)2-5-14/h3,6,9H,1-2,4-5,7-8H2. The molecule has 0 aliphatic carbocycles. The highest BCUT2D eigenvalue weighted by molar-refractivity contribution is 9.11. The van der Waals surface area contributed by atoms with E-state index in [1.54, 1.807) is 11.3 Å². The number of likely N-dealkylation sites (tertiary alicyclic amines) is 1. The number of rotatable bonds is 3. The molecule has 0 spiro atoms. The van der Waals surface area contributed by atoms with Crippen molar-refractivity contribution in [1.82, 2.24) is 4.90 Å². The normalized spacial score (nSPS) is 19.6. The first kappa shape index (κ1) is 11.6. The minimum Gasteiger partial charge on any atom is -0.299 e. The van der Waals surface area contributed by atoms with E-state index >= 15 is 0 Å². The van der Waals surface area contributed by atoms with Crippen LogP contribution in [0.15, 0.2) is 15.2 Å². The molecule has 1 aliphatic rings. The molecule has 1 fully saturated rings. The Morgan fingerprint density at radius 2 is 2.20 bits per heavy atom. The van der Waals surface area contributed by atoms with Gasteiger partial charge >= 0.3 is 0 Å². The van der Waals surface area contributed by atoms with Gasteiger partial charge in [-0.15, -0.1) is 11.3 Å². The van der Waals surface area contributed by atoms with Crippen LogP contribution in [-0.4, -0.2) is 24.7 Å². The van der Waals surface area contributed by atoms with Crippen molar-refractivity contribution in [3.05, 3.63) is 20.8 Å². The molecular weight excluding hydrogens is 277 g/mol. The second-order valence-electron chi connectivity index (χ2n) is 4.09. The summed E-state index contributed by atoms with van der Waals surface area (Å²) in [6, 6.07) is 2.16. The van der Waals surface area contributed by atoms with E-state index in [2.05, 4.69) is 32.3 Å². The van der Waals surface area contributed by atoms with Crippen molar-refractivity contribution >= 4 is 27.3 Å². The fourth-order valence-electron chi connectivity index (χ4n) is 1.97. The number of nitrogens with zero attached hydrogens (tertiary/aromatic N) is 1. The van der Waals surface area contributed by atoms with Gasteiger partial charge < -0.3 is 0 Å². The van der Waals surface area contributed by atoms with E-state index in [1.165, 1.54) is 9.35 Å². The summed E-state index contributed by atoms with van der Waals surface area (Å²) in [7, 11) is 0. The van der Waals surface area contributed by atoms with E-state index in [0.29, 0.717) is 5.92 Å². The Labute approximate surface area is 102 Å². The maximum Gasteiger partial charge on any atom is 0.0923 e. The molecule has 1 aromatic rings. The minimum atomic E-state index is -0.143. The predicted molar refractivity (Wildman–Crippen MR) is 66.0 cm³/mol. The Kier molecular flexibility index (Phi) is 4.17. The molecule has 2 rings (SSSR count). The first-order chi connectivity index (χ1) is 7.29. The highest BCUT2D eigenvalue weighted by atomic mass is 79.9. The Bertz CT molecular complexity index is 307. The molecule has 0 saturated carbocycles. The third-order valence-electron chi connectivity index (χ3n) is 3.01. The van der Waals surface area contributed by atoms with Gasteiger partial charge in [-0.1, -0.05) is 0 Å². The summed E-state index contributed by atoms with van der Waals surface area (Å²) < 4.78 is 13.7. The van der Waals surface area contributed by atoms with E-state index in [1.807, 2.05) is 0 Å². The van der Waals surface area contributed by atoms with Gasteiger partial charge in [-0.05, 0) is 64.8 Å². The van der Waals surface area contributed by atoms with Gasteiger partial charge in [-0.3, -0.25) is 9.29 Å². The van der Waals surface area contributed by atoms with Crippen molar-refractivity contribution in [2.75, 3.05) is 19.8 Å². The molecule has 0 aromatic carbocycles. The summed E-state index contributed by atoms with van der Waals surface area (Å²) in [6.45, 7) is 2.94. The smallest absolute Gasteiger partial charge is 0.0923 e. The summed E-state index contributed by atoms with van der Waals surface area (Å²) in [5, 5.41) is 2.10. The van der Waals surface area contributed by atoms with E-state index in [4.69, 9.17) is 0 Å². The van der Waals surface area contributed by atoms with Crippen molar-refractivity contribution in [3.63, 3.8) is 0 Å². The van der Waals surface area contributed by atoms with Crippen molar-refractivity contribution in [2.24, 2.45) is 5.92 Å². The van der Waals surface area contributed by atoms with Crippen LogP contribution in [0.5, 0.6) is 0 Å². The number of hydrogen-bond acceptors (Lipinski definition) is 2. The highest BCUT2D eigenvalue weighted by Crippen LogP contribution is 2.26. The summed E-state index contributed by atoms with van der Waals surface area (Å²) >= 11 is 5.28. The van der Waals surface area contributed by atoms with Crippen molar-refractivity contribution < 1.29 is 4.39 Å². The molecule has 15 heavy (non-hydrogen) atoms. The molecule has 0 atom stereocenters. The molecule has 0 radical (unpaired) electrons. The lowest BCUT2D eigenvalue weighted by atomic mass is 9.98. The zero-order valence-corrected chi connectivity index (χ0v) is 11.0. The Morgan fingerprint density at radius 3 is 2.73 bits per heavy atom. The summed E-state index contributed by atoms with van der Waals surface area (Å²) in [6.07, 6.45) is 2.02. The van der Waals surface area contributed by atoms with Gasteiger partial charge in [0.05, 0.1) is 10.5 Å². The number of hydrogen-bond donors (Lipinski definition) is 0. The van der Waals surface area contributed by atoms with E-state index in [-0.39, 0.29) is 6.67 Å². The lowest BCUT2D eigenvalue weighted by Gasteiger charge is -2.30. The topological polar surface area (TPSA) is 3.24 Å². The lowest BCUT2D eigenvalue weighted by molar-refractivity contribution is 0.159. The number of alkyl halides is 1. The number of halogens is 2. The fourth-order valence-corrected chi connectivity index (χ4v) is 3.19. The predicted octanol–water partition coefficient (Wildman–Crippen LogP) is 3.69. The molecule has 2 heterocycles. The molecule has 1 aromatic heterocycles. The summed E-state index contributed by atoms with van der Waals surface area (Å²) in [4.78, 5) is 2.42. The van der Waals surface area contributed by atoms with Gasteiger partial charge in [0.25, 0.3) is 0 Å². The van der Waals surface area contributed by atoms with Crippen molar-refractivity contribution in [3.8, 4) is 0 Å². The zero-order chi connectivity index (χ0) is 10.7. The summed E-state index contributed by atoms with van der Waals surface area (Å²) in [5.74, 6) is 0.312. The Morgan fingerprint density at radius 1 is 1.47 bits per heavy atom. The molecule has 1 saturated heterocycles. The molecule has 4 heteroatoms. The maximum atomic E-state index is 12.4. The minimum absolute atomic E-state index is 0.143. The first-order valence-electron chi connectivity index (χ1n) is 5.30. The van der Waals surface area contributed by atoms with Gasteiger partial charge in [-0.25, -0.2) is 0 Å². The van der Waals surface area contributed by atoms with Crippen LogP contribution in [0.3, 0.4) is 0 Å². The van der Waals surface area contributed by atoms with Gasteiger partial charge in [0.2, 0.25) is 0 Å². The number of thiophene rings is 1. The number of piperidine rings is 1. The quantitative estimate of drug-likeness (QED) is 0.821. The fraction of sp³-hybridized carbons (Fsp3) is 0.636. The van der Waals surface area contributed by atoms with Crippen LogP contribution in [0.25, 0.3) is 0 Å². The van der Waals surface area contributed by atoms with Crippen molar-refractivity contribution in [2.45, 2.75) is 19.4 Å². The van der Waals surface area contributed by atoms with Crippen molar-refractivity contribution in [1.29, 1.82) is 0 Å². The molecule has 84 valence electrons. The second kappa shape index (κ2) is 5.41. The molecule has 0 unspecified atom stereocenters. The van der Waals surface area contributed by atoms with Gasteiger partial charge in [-0.2, -0.15) is 0 Å². The third kappa shape index (κ3) is 3.02. The van der Waals surface area contributed by atoms with E-state index in [9.17, 15) is 4.39 Å². The third-order valence-corrected chi connectivity index (χ3v) is 4.82. The Balaban J connectivity index is 1.85. The van der Waals surface area contributed by atoms with Crippen LogP contribution in [0.1, 0.15) is 18.4 Å². The molecular formula is C11H15BrFNS. The maximum absolute atomic E-state index is 12.4. The average molecular weight is 292 g/mol. The second-order valence-corrected chi connectivity index (χ2v) is 6.33. The molecule has 0 bridgehead atoms. The average Bonchev–Trinajstić information content (AvgIpc) is 2.66. The van der Waals surface area contributed by atoms with Crippen LogP contribution < -0.4 is 0 Å². The van der Waals surface area contributed by atoms with Gasteiger partial charge in [0, 0.05) is 6.54 Å². The van der Waals surface area contributed by atoms with Crippen LogP contribution in [0.4, 0.5) is 4.39 Å². The lowest BCUT2D eigenvalue weighted by Crippen LogP contribution is -2.33. The monoisotopic (exact) mass is 291 g/mol. The zero-order valence-electron chi connectivity index (χ0n) is 8.59. The van der Waals surface area contributed by atoms with E-state index in [0.717, 1.165) is 32.5 Å². The van der Waals surface area contributed by atoms with Crippen LogP contribution in [0, 0.1) is 5.92 Å². The summed E-state index contributed by atoms with van der Waals surface area (Å²) in [5.41, 5.74) is 1.36. The highest BCUT2D eigenvalue weighted by Gasteiger charge is 2.19. The molecule has 0 amide bonds. The molecule has 0 N–H and O–H groups in total. The molecule has 1 aliphatic heterocycles. The van der Waals surface area contributed by atoms with Crippen LogP contribution >= 0.6 is 27.3 Å². The largest absolute Gasteiger partial charge is 0.299 e. The Hall–Kier alpha value is 0.0700. The first-order valence-corrected chi connectivity index (χ1v) is 6.97. The van der Waals surface area contributed by atoms with Gasteiger partial charge in [0.1, 0.15) is 0 Å². The van der Waals surface area contributed by atoms with Crippen LogP contribution in [0.2, 0.25) is 0 Å². The van der Waals surface area contributed by atoms with Crippen LogP contribution in [-0.2, 0) is 6.54 Å². The SMILES string of the molecule is FCC1CCN(Cc2ccsc2Br)CC1. The van der Waals surface area contributed by atoms with Gasteiger partial charge in [0.15, 0.2) is 0 Å². The van der Waals surface area contributed by atoms with E-state index < -0.39 is 0 Å². The molecule has 1 nitrogen and oxygen atoms in total.